The fourth-order valence-electron chi connectivity index (χ4n) is 2.62. The summed E-state index contributed by atoms with van der Waals surface area (Å²) in [5.41, 5.74) is 0.237. The SMILES string of the molecule is CCCCCCC(F)COC(=O)c1ccc(O)cc1OC(=O)c1ccccc1. The van der Waals surface area contributed by atoms with Crippen LogP contribution in [-0.2, 0) is 4.74 Å². The van der Waals surface area contributed by atoms with Crippen LogP contribution < -0.4 is 4.74 Å². The van der Waals surface area contributed by atoms with Gasteiger partial charge in [-0.25, -0.2) is 14.0 Å². The average Bonchev–Trinajstić information content (AvgIpc) is 2.70. The summed E-state index contributed by atoms with van der Waals surface area (Å²) in [6, 6.07) is 11.9. The van der Waals surface area contributed by atoms with E-state index in [1.165, 1.54) is 12.1 Å². The first-order chi connectivity index (χ1) is 13.5. The lowest BCUT2D eigenvalue weighted by Crippen LogP contribution is -2.17. The quantitative estimate of drug-likeness (QED) is 0.349. The summed E-state index contributed by atoms with van der Waals surface area (Å²) in [7, 11) is 0. The van der Waals surface area contributed by atoms with E-state index in [4.69, 9.17) is 9.47 Å². The standard InChI is InChI=1S/C22H25FO5/c1-2-3-4-8-11-17(23)15-27-22(26)19-13-12-18(24)14-20(19)28-21(25)16-9-6-5-7-10-16/h5-7,9-10,12-14,17,24H,2-4,8,11,15H2,1H3. The van der Waals surface area contributed by atoms with Gasteiger partial charge in [0.05, 0.1) is 5.56 Å². The molecule has 0 fully saturated rings. The van der Waals surface area contributed by atoms with Crippen LogP contribution in [0.1, 0.15) is 59.7 Å². The van der Waals surface area contributed by atoms with Gasteiger partial charge in [0, 0.05) is 6.07 Å². The van der Waals surface area contributed by atoms with Crippen LogP contribution in [0.5, 0.6) is 11.5 Å². The lowest BCUT2D eigenvalue weighted by atomic mass is 10.1. The van der Waals surface area contributed by atoms with Gasteiger partial charge in [0.1, 0.15) is 29.8 Å². The molecule has 1 atom stereocenters. The number of phenolic OH excluding ortho intramolecular Hbond substituents is 1. The van der Waals surface area contributed by atoms with Gasteiger partial charge < -0.3 is 14.6 Å². The number of unbranched alkanes of at least 4 members (excludes halogenated alkanes) is 3. The van der Waals surface area contributed by atoms with Crippen LogP contribution >= 0.6 is 0 Å². The van der Waals surface area contributed by atoms with Crippen molar-refractivity contribution >= 4 is 11.9 Å². The van der Waals surface area contributed by atoms with Gasteiger partial charge in [-0.15, -0.1) is 0 Å². The maximum Gasteiger partial charge on any atom is 0.343 e. The molecule has 2 aromatic rings. The predicted molar refractivity (Wildman–Crippen MR) is 103 cm³/mol. The second-order valence-electron chi connectivity index (χ2n) is 6.48. The molecule has 0 aliphatic heterocycles. The molecule has 0 amide bonds. The van der Waals surface area contributed by atoms with Crippen molar-refractivity contribution < 1.29 is 28.6 Å². The predicted octanol–water partition coefficient (Wildman–Crippen LogP) is 5.08. The summed E-state index contributed by atoms with van der Waals surface area (Å²) in [6.07, 6.45) is 2.90. The number of phenols is 1. The van der Waals surface area contributed by atoms with Crippen LogP contribution in [-0.4, -0.2) is 29.8 Å². The van der Waals surface area contributed by atoms with Crippen molar-refractivity contribution in [1.82, 2.24) is 0 Å². The van der Waals surface area contributed by atoms with E-state index >= 15 is 0 Å². The molecule has 0 radical (unpaired) electrons. The zero-order valence-electron chi connectivity index (χ0n) is 15.9. The minimum Gasteiger partial charge on any atom is -0.508 e. The fourth-order valence-corrected chi connectivity index (χ4v) is 2.62. The number of esters is 2. The Morgan fingerprint density at radius 2 is 1.79 bits per heavy atom. The van der Waals surface area contributed by atoms with E-state index in [1.54, 1.807) is 30.3 Å². The van der Waals surface area contributed by atoms with Crippen LogP contribution in [0.25, 0.3) is 0 Å². The van der Waals surface area contributed by atoms with Crippen molar-refractivity contribution in [2.24, 2.45) is 0 Å². The third kappa shape index (κ3) is 6.68. The molecule has 0 saturated carbocycles. The van der Waals surface area contributed by atoms with E-state index in [1.807, 2.05) is 0 Å². The van der Waals surface area contributed by atoms with Gasteiger partial charge in [0.15, 0.2) is 0 Å². The summed E-state index contributed by atoms with van der Waals surface area (Å²) in [4.78, 5) is 24.5. The molecule has 0 heterocycles. The molecule has 1 N–H and O–H groups in total. The Hall–Kier alpha value is -2.89. The van der Waals surface area contributed by atoms with E-state index in [9.17, 15) is 19.1 Å². The second-order valence-corrected chi connectivity index (χ2v) is 6.48. The van der Waals surface area contributed by atoms with E-state index in [0.29, 0.717) is 12.0 Å². The molecular formula is C22H25FO5. The molecule has 6 heteroatoms. The van der Waals surface area contributed by atoms with E-state index in [2.05, 4.69) is 6.92 Å². The summed E-state index contributed by atoms with van der Waals surface area (Å²) < 4.78 is 24.2. The molecule has 1 unspecified atom stereocenters. The number of hydrogen-bond donors (Lipinski definition) is 1. The van der Waals surface area contributed by atoms with Gasteiger partial charge in [0.25, 0.3) is 0 Å². The molecule has 2 rings (SSSR count). The summed E-state index contributed by atoms with van der Waals surface area (Å²) in [5, 5.41) is 9.66. The van der Waals surface area contributed by atoms with Crippen LogP contribution in [0, 0.1) is 0 Å². The van der Waals surface area contributed by atoms with Gasteiger partial charge in [0.2, 0.25) is 0 Å². The molecule has 0 aliphatic carbocycles. The van der Waals surface area contributed by atoms with Crippen molar-refractivity contribution in [1.29, 1.82) is 0 Å². The van der Waals surface area contributed by atoms with Crippen LogP contribution in [0.3, 0.4) is 0 Å². The van der Waals surface area contributed by atoms with Gasteiger partial charge in [-0.1, -0.05) is 50.8 Å². The first-order valence-electron chi connectivity index (χ1n) is 9.42. The Labute approximate surface area is 164 Å². The number of alkyl halides is 1. The summed E-state index contributed by atoms with van der Waals surface area (Å²) in [5.74, 6) is -1.81. The van der Waals surface area contributed by atoms with Crippen molar-refractivity contribution in [3.8, 4) is 11.5 Å². The molecule has 0 saturated heterocycles. The lowest BCUT2D eigenvalue weighted by Gasteiger charge is -2.12. The van der Waals surface area contributed by atoms with E-state index in [-0.39, 0.29) is 23.7 Å². The number of ether oxygens (including phenoxy) is 2. The molecule has 0 aliphatic rings. The largest absolute Gasteiger partial charge is 0.508 e. The Bertz CT molecular complexity index is 776. The van der Waals surface area contributed by atoms with Gasteiger partial charge in [-0.3, -0.25) is 0 Å². The lowest BCUT2D eigenvalue weighted by molar-refractivity contribution is 0.0384. The van der Waals surface area contributed by atoms with Gasteiger partial charge in [-0.05, 0) is 30.7 Å². The average molecular weight is 388 g/mol. The molecule has 0 spiro atoms. The fraction of sp³-hybridized carbons (Fsp3) is 0.364. The molecule has 28 heavy (non-hydrogen) atoms. The van der Waals surface area contributed by atoms with E-state index in [0.717, 1.165) is 31.7 Å². The van der Waals surface area contributed by atoms with E-state index < -0.39 is 18.1 Å². The molecule has 2 aromatic carbocycles. The highest BCUT2D eigenvalue weighted by atomic mass is 19.1. The molecular weight excluding hydrogens is 363 g/mol. The monoisotopic (exact) mass is 388 g/mol. The molecule has 0 aromatic heterocycles. The van der Waals surface area contributed by atoms with Crippen molar-refractivity contribution in [2.45, 2.75) is 45.2 Å². The number of hydrogen-bond acceptors (Lipinski definition) is 5. The zero-order valence-corrected chi connectivity index (χ0v) is 15.9. The topological polar surface area (TPSA) is 72.8 Å². The highest BCUT2D eigenvalue weighted by Crippen LogP contribution is 2.26. The third-order valence-electron chi connectivity index (χ3n) is 4.16. The Kier molecular flexibility index (Phi) is 8.46. The normalized spacial score (nSPS) is 11.6. The third-order valence-corrected chi connectivity index (χ3v) is 4.16. The zero-order chi connectivity index (χ0) is 20.4. The number of carbonyl (C=O) groups is 2. The maximum absolute atomic E-state index is 13.9. The van der Waals surface area contributed by atoms with Crippen LogP contribution in [0.15, 0.2) is 48.5 Å². The van der Waals surface area contributed by atoms with Crippen molar-refractivity contribution in [2.75, 3.05) is 6.61 Å². The Balaban J connectivity index is 1.98. The second kappa shape index (κ2) is 11.1. The van der Waals surface area contributed by atoms with Crippen LogP contribution in [0.4, 0.5) is 4.39 Å². The van der Waals surface area contributed by atoms with Gasteiger partial charge >= 0.3 is 11.9 Å². The summed E-state index contributed by atoms with van der Waals surface area (Å²) >= 11 is 0. The smallest absolute Gasteiger partial charge is 0.343 e. The number of aromatic hydroxyl groups is 1. The Morgan fingerprint density at radius 3 is 2.50 bits per heavy atom. The Morgan fingerprint density at radius 1 is 1.04 bits per heavy atom. The number of halogens is 1. The maximum atomic E-state index is 13.9. The van der Waals surface area contributed by atoms with Crippen molar-refractivity contribution in [3.63, 3.8) is 0 Å². The number of benzene rings is 2. The minimum atomic E-state index is -1.24. The molecule has 5 nitrogen and oxygen atoms in total. The minimum absolute atomic E-state index is 0.0553. The highest BCUT2D eigenvalue weighted by Gasteiger charge is 2.20. The molecule has 150 valence electrons. The number of rotatable bonds is 10. The first-order valence-corrected chi connectivity index (χ1v) is 9.42. The number of carbonyl (C=O) groups excluding carboxylic acids is 2. The highest BCUT2D eigenvalue weighted by molar-refractivity contribution is 5.96. The first kappa shape index (κ1) is 21.4. The van der Waals surface area contributed by atoms with Crippen molar-refractivity contribution in [3.05, 3.63) is 59.7 Å². The summed E-state index contributed by atoms with van der Waals surface area (Å²) in [6.45, 7) is 1.71. The van der Waals surface area contributed by atoms with Crippen LogP contribution in [0.2, 0.25) is 0 Å². The van der Waals surface area contributed by atoms with Gasteiger partial charge in [-0.2, -0.15) is 0 Å². The molecule has 0 bridgehead atoms.